The molecule has 1 aliphatic heterocycles. The fourth-order valence-electron chi connectivity index (χ4n) is 2.29. The molecule has 1 aliphatic rings. The number of halogens is 1. The van der Waals surface area contributed by atoms with Gasteiger partial charge in [0.05, 0.1) is 0 Å². The van der Waals surface area contributed by atoms with Crippen LogP contribution in [0.1, 0.15) is 31.2 Å². The molecule has 2 amide bonds. The van der Waals surface area contributed by atoms with Gasteiger partial charge in [-0.25, -0.2) is 0 Å². The first-order valence-electron chi connectivity index (χ1n) is 6.97. The van der Waals surface area contributed by atoms with Crippen LogP contribution < -0.4 is 10.6 Å². The molecule has 4 nitrogen and oxygen atoms in total. The van der Waals surface area contributed by atoms with Crippen molar-refractivity contribution in [1.82, 2.24) is 10.6 Å². The molecule has 1 heterocycles. The van der Waals surface area contributed by atoms with Crippen molar-refractivity contribution in [2.75, 3.05) is 6.54 Å². The van der Waals surface area contributed by atoms with Crippen LogP contribution >= 0.6 is 11.6 Å². The van der Waals surface area contributed by atoms with Gasteiger partial charge in [-0.15, -0.1) is 0 Å². The Labute approximate surface area is 123 Å². The Morgan fingerprint density at radius 2 is 2.15 bits per heavy atom. The lowest BCUT2D eigenvalue weighted by molar-refractivity contribution is -0.128. The van der Waals surface area contributed by atoms with Gasteiger partial charge in [-0.1, -0.05) is 29.8 Å². The molecule has 0 saturated carbocycles. The van der Waals surface area contributed by atoms with Gasteiger partial charge in [0.1, 0.15) is 6.04 Å². The number of aryl methyl sites for hydroxylation is 1. The first-order valence-corrected chi connectivity index (χ1v) is 7.35. The predicted octanol–water partition coefficient (Wildman–Crippen LogP) is 2.06. The van der Waals surface area contributed by atoms with Crippen LogP contribution in [0.25, 0.3) is 0 Å². The summed E-state index contributed by atoms with van der Waals surface area (Å²) in [5.74, 6) is -0.180. The summed E-state index contributed by atoms with van der Waals surface area (Å²) in [5.41, 5.74) is 0.953. The van der Waals surface area contributed by atoms with Gasteiger partial charge in [0, 0.05) is 18.0 Å². The quantitative estimate of drug-likeness (QED) is 0.893. The van der Waals surface area contributed by atoms with E-state index in [-0.39, 0.29) is 11.8 Å². The van der Waals surface area contributed by atoms with Crippen molar-refractivity contribution in [3.05, 3.63) is 34.9 Å². The van der Waals surface area contributed by atoms with Crippen LogP contribution in [-0.4, -0.2) is 24.4 Å². The Kier molecular flexibility index (Phi) is 5.41. The number of hydrogen-bond acceptors (Lipinski definition) is 2. The molecule has 1 fully saturated rings. The molecule has 0 unspecified atom stereocenters. The smallest absolute Gasteiger partial charge is 0.242 e. The zero-order chi connectivity index (χ0) is 14.4. The Hall–Kier alpha value is -1.55. The fraction of sp³-hybridized carbons (Fsp3) is 0.467. The van der Waals surface area contributed by atoms with Crippen molar-refractivity contribution in [2.45, 2.75) is 38.1 Å². The first kappa shape index (κ1) is 14.9. The SMILES string of the molecule is O=C(CCc1ccccc1Cl)N[C@H]1CCCCNC1=O. The third-order valence-corrected chi connectivity index (χ3v) is 3.82. The average molecular weight is 295 g/mol. The summed E-state index contributed by atoms with van der Waals surface area (Å²) >= 11 is 6.05. The molecule has 108 valence electrons. The lowest BCUT2D eigenvalue weighted by Gasteiger charge is -2.15. The van der Waals surface area contributed by atoms with Crippen molar-refractivity contribution in [2.24, 2.45) is 0 Å². The predicted molar refractivity (Wildman–Crippen MR) is 78.6 cm³/mol. The summed E-state index contributed by atoms with van der Waals surface area (Å²) in [6, 6.07) is 7.09. The van der Waals surface area contributed by atoms with Crippen molar-refractivity contribution >= 4 is 23.4 Å². The fourth-order valence-corrected chi connectivity index (χ4v) is 2.52. The van der Waals surface area contributed by atoms with Crippen LogP contribution in [0.15, 0.2) is 24.3 Å². The second-order valence-corrected chi connectivity index (χ2v) is 5.41. The molecule has 1 aromatic carbocycles. The van der Waals surface area contributed by atoms with E-state index in [2.05, 4.69) is 10.6 Å². The van der Waals surface area contributed by atoms with Gasteiger partial charge in [-0.2, -0.15) is 0 Å². The lowest BCUT2D eigenvalue weighted by Crippen LogP contribution is -2.45. The number of carbonyl (C=O) groups excluding carboxylic acids is 2. The summed E-state index contributed by atoms with van der Waals surface area (Å²) in [4.78, 5) is 23.7. The summed E-state index contributed by atoms with van der Waals surface area (Å²) in [7, 11) is 0. The molecule has 2 N–H and O–H groups in total. The van der Waals surface area contributed by atoms with Crippen LogP contribution in [-0.2, 0) is 16.0 Å². The van der Waals surface area contributed by atoms with Gasteiger partial charge in [0.15, 0.2) is 0 Å². The molecule has 5 heteroatoms. The van der Waals surface area contributed by atoms with Crippen LogP contribution in [0.2, 0.25) is 5.02 Å². The maximum Gasteiger partial charge on any atom is 0.242 e. The van der Waals surface area contributed by atoms with Crippen molar-refractivity contribution in [3.8, 4) is 0 Å². The van der Waals surface area contributed by atoms with E-state index < -0.39 is 6.04 Å². The Bertz CT molecular complexity index is 491. The van der Waals surface area contributed by atoms with Crippen LogP contribution in [0.5, 0.6) is 0 Å². The first-order chi connectivity index (χ1) is 9.66. The highest BCUT2D eigenvalue weighted by atomic mass is 35.5. The highest BCUT2D eigenvalue weighted by Gasteiger charge is 2.22. The molecule has 1 aromatic rings. The van der Waals surface area contributed by atoms with Crippen molar-refractivity contribution < 1.29 is 9.59 Å². The minimum absolute atomic E-state index is 0.0754. The van der Waals surface area contributed by atoms with E-state index in [1.54, 1.807) is 0 Å². The molecule has 2 rings (SSSR count). The number of carbonyl (C=O) groups is 2. The minimum atomic E-state index is -0.392. The van der Waals surface area contributed by atoms with Gasteiger partial charge in [0.2, 0.25) is 11.8 Å². The molecule has 0 spiro atoms. The van der Waals surface area contributed by atoms with E-state index in [9.17, 15) is 9.59 Å². The maximum absolute atomic E-state index is 11.9. The normalized spacial score (nSPS) is 19.1. The molecular formula is C15H19ClN2O2. The third-order valence-electron chi connectivity index (χ3n) is 3.45. The third kappa shape index (κ3) is 4.23. The number of hydrogen-bond donors (Lipinski definition) is 2. The van der Waals surface area contributed by atoms with E-state index in [4.69, 9.17) is 11.6 Å². The van der Waals surface area contributed by atoms with Crippen LogP contribution in [0.4, 0.5) is 0 Å². The Balaban J connectivity index is 1.83. The van der Waals surface area contributed by atoms with E-state index in [0.29, 0.717) is 30.8 Å². The standard InChI is InChI=1S/C15H19ClN2O2/c16-12-6-2-1-5-11(12)8-9-14(19)18-13-7-3-4-10-17-15(13)20/h1-2,5-6,13H,3-4,7-10H2,(H,17,20)(H,18,19)/t13-/m0/s1. The summed E-state index contributed by atoms with van der Waals surface area (Å²) in [6.07, 6.45) is 3.56. The lowest BCUT2D eigenvalue weighted by atomic mass is 10.1. The molecule has 0 radical (unpaired) electrons. The van der Waals surface area contributed by atoms with Crippen LogP contribution in [0, 0.1) is 0 Å². The molecule has 0 aromatic heterocycles. The molecule has 20 heavy (non-hydrogen) atoms. The second kappa shape index (κ2) is 7.29. The van der Waals surface area contributed by atoms with E-state index in [1.165, 1.54) is 0 Å². The Morgan fingerprint density at radius 1 is 1.35 bits per heavy atom. The molecule has 0 bridgehead atoms. The number of benzene rings is 1. The average Bonchev–Trinajstić information content (AvgIpc) is 2.63. The van der Waals surface area contributed by atoms with Gasteiger partial charge in [0.25, 0.3) is 0 Å². The second-order valence-electron chi connectivity index (χ2n) is 5.00. The Morgan fingerprint density at radius 3 is 2.95 bits per heavy atom. The minimum Gasteiger partial charge on any atom is -0.354 e. The highest BCUT2D eigenvalue weighted by Crippen LogP contribution is 2.16. The van der Waals surface area contributed by atoms with Gasteiger partial charge >= 0.3 is 0 Å². The molecule has 0 aliphatic carbocycles. The van der Waals surface area contributed by atoms with E-state index >= 15 is 0 Å². The van der Waals surface area contributed by atoms with Gasteiger partial charge in [-0.3, -0.25) is 9.59 Å². The summed E-state index contributed by atoms with van der Waals surface area (Å²) in [6.45, 7) is 0.699. The highest BCUT2D eigenvalue weighted by molar-refractivity contribution is 6.31. The van der Waals surface area contributed by atoms with Crippen molar-refractivity contribution in [1.29, 1.82) is 0 Å². The topological polar surface area (TPSA) is 58.2 Å². The number of rotatable bonds is 4. The monoisotopic (exact) mass is 294 g/mol. The van der Waals surface area contributed by atoms with E-state index in [1.807, 2.05) is 24.3 Å². The van der Waals surface area contributed by atoms with Gasteiger partial charge in [-0.05, 0) is 37.3 Å². The largest absolute Gasteiger partial charge is 0.354 e. The molecular weight excluding hydrogens is 276 g/mol. The van der Waals surface area contributed by atoms with Crippen molar-refractivity contribution in [3.63, 3.8) is 0 Å². The van der Waals surface area contributed by atoms with E-state index in [0.717, 1.165) is 18.4 Å². The number of amides is 2. The van der Waals surface area contributed by atoms with Gasteiger partial charge < -0.3 is 10.6 Å². The zero-order valence-corrected chi connectivity index (χ0v) is 12.1. The molecule has 1 atom stereocenters. The summed E-state index contributed by atoms with van der Waals surface area (Å²) < 4.78 is 0. The zero-order valence-electron chi connectivity index (χ0n) is 11.3. The summed E-state index contributed by atoms with van der Waals surface area (Å²) in [5, 5.41) is 6.29. The van der Waals surface area contributed by atoms with Crippen LogP contribution in [0.3, 0.4) is 0 Å². The number of nitrogens with one attached hydrogen (secondary N) is 2. The maximum atomic E-state index is 11.9. The molecule has 1 saturated heterocycles.